The summed E-state index contributed by atoms with van der Waals surface area (Å²) in [5.41, 5.74) is 2.43. The molecule has 0 bridgehead atoms. The van der Waals surface area contributed by atoms with E-state index in [4.69, 9.17) is 4.98 Å². The molecular weight excluding hydrogens is 248 g/mol. The van der Waals surface area contributed by atoms with E-state index in [-0.39, 0.29) is 0 Å². The number of aromatic nitrogens is 1. The first-order valence-electron chi connectivity index (χ1n) is 7.79. The molecule has 1 N–H and O–H groups in total. The minimum atomic E-state index is 0.681. The van der Waals surface area contributed by atoms with E-state index in [1.807, 2.05) is 7.05 Å². The van der Waals surface area contributed by atoms with Gasteiger partial charge in [0.1, 0.15) is 5.82 Å². The highest BCUT2D eigenvalue weighted by Crippen LogP contribution is 2.23. The Bertz CT molecular complexity index is 428. The molecule has 112 valence electrons. The fourth-order valence-corrected chi connectivity index (χ4v) is 3.18. The molecule has 0 spiro atoms. The van der Waals surface area contributed by atoms with Crippen LogP contribution in [-0.2, 0) is 6.54 Å². The summed E-state index contributed by atoms with van der Waals surface area (Å²) in [5.74, 6) is 1.14. The minimum absolute atomic E-state index is 0.681. The molecule has 1 saturated heterocycles. The molecular formula is C16H28N4. The average Bonchev–Trinajstić information content (AvgIpc) is 2.90. The van der Waals surface area contributed by atoms with Gasteiger partial charge < -0.3 is 10.2 Å². The van der Waals surface area contributed by atoms with Gasteiger partial charge in [-0.1, -0.05) is 13.8 Å². The Morgan fingerprint density at radius 3 is 2.75 bits per heavy atom. The Labute approximate surface area is 123 Å². The molecule has 4 heteroatoms. The molecule has 1 aromatic heterocycles. The number of aryl methyl sites for hydroxylation is 1. The normalized spacial score (nSPS) is 19.1. The van der Waals surface area contributed by atoms with Crippen molar-refractivity contribution in [3.8, 4) is 0 Å². The van der Waals surface area contributed by atoms with Gasteiger partial charge in [0.2, 0.25) is 0 Å². The molecule has 2 heterocycles. The topological polar surface area (TPSA) is 31.4 Å². The fraction of sp³-hybridized carbons (Fsp3) is 0.688. The second kappa shape index (κ2) is 7.04. The molecule has 1 unspecified atom stereocenters. The Balaban J connectivity index is 2.09. The van der Waals surface area contributed by atoms with Gasteiger partial charge >= 0.3 is 0 Å². The zero-order chi connectivity index (χ0) is 14.5. The van der Waals surface area contributed by atoms with Crippen molar-refractivity contribution < 1.29 is 0 Å². The highest BCUT2D eigenvalue weighted by atomic mass is 15.3. The summed E-state index contributed by atoms with van der Waals surface area (Å²) in [7, 11) is 1.99. The highest BCUT2D eigenvalue weighted by Gasteiger charge is 2.27. The Morgan fingerprint density at radius 2 is 2.10 bits per heavy atom. The van der Waals surface area contributed by atoms with Crippen LogP contribution in [0.1, 0.15) is 31.5 Å². The number of hydrogen-bond acceptors (Lipinski definition) is 4. The van der Waals surface area contributed by atoms with Crippen molar-refractivity contribution in [2.45, 2.75) is 39.8 Å². The predicted molar refractivity (Wildman–Crippen MR) is 85.3 cm³/mol. The van der Waals surface area contributed by atoms with Gasteiger partial charge in [0.15, 0.2) is 0 Å². The Kier molecular flexibility index (Phi) is 5.38. The van der Waals surface area contributed by atoms with Gasteiger partial charge in [0.05, 0.1) is 0 Å². The van der Waals surface area contributed by atoms with Crippen LogP contribution in [0.3, 0.4) is 0 Å². The summed E-state index contributed by atoms with van der Waals surface area (Å²) in [6.45, 7) is 12.0. The lowest BCUT2D eigenvalue weighted by Crippen LogP contribution is -2.37. The average molecular weight is 276 g/mol. The van der Waals surface area contributed by atoms with Crippen LogP contribution in [-0.4, -0.2) is 49.2 Å². The molecule has 1 aliphatic rings. The summed E-state index contributed by atoms with van der Waals surface area (Å²) < 4.78 is 0. The number of nitrogens with one attached hydrogen (secondary N) is 1. The van der Waals surface area contributed by atoms with Crippen LogP contribution in [0.4, 0.5) is 5.82 Å². The summed E-state index contributed by atoms with van der Waals surface area (Å²) in [6.07, 6.45) is 1.25. The van der Waals surface area contributed by atoms with E-state index < -0.39 is 0 Å². The van der Waals surface area contributed by atoms with Gasteiger partial charge in [-0.05, 0) is 51.2 Å². The van der Waals surface area contributed by atoms with Crippen molar-refractivity contribution in [1.82, 2.24) is 15.2 Å². The molecule has 0 radical (unpaired) electrons. The number of hydrogen-bond donors (Lipinski definition) is 1. The van der Waals surface area contributed by atoms with Crippen molar-refractivity contribution in [3.05, 3.63) is 23.4 Å². The van der Waals surface area contributed by atoms with Crippen molar-refractivity contribution in [1.29, 1.82) is 0 Å². The zero-order valence-corrected chi connectivity index (χ0v) is 13.3. The molecule has 1 fully saturated rings. The van der Waals surface area contributed by atoms with Crippen LogP contribution in [0.25, 0.3) is 0 Å². The SMILES string of the molecule is CCN(CC)C1CCN(c2cc(CNC)cc(C)n2)C1. The van der Waals surface area contributed by atoms with Gasteiger partial charge in [-0.3, -0.25) is 4.90 Å². The van der Waals surface area contributed by atoms with Crippen LogP contribution < -0.4 is 10.2 Å². The maximum Gasteiger partial charge on any atom is 0.129 e. The zero-order valence-electron chi connectivity index (χ0n) is 13.3. The summed E-state index contributed by atoms with van der Waals surface area (Å²) in [5, 5.41) is 3.22. The van der Waals surface area contributed by atoms with Gasteiger partial charge in [-0.2, -0.15) is 0 Å². The number of nitrogens with zero attached hydrogens (tertiary/aromatic N) is 3. The quantitative estimate of drug-likeness (QED) is 0.861. The molecule has 1 aromatic rings. The van der Waals surface area contributed by atoms with Crippen molar-refractivity contribution in [3.63, 3.8) is 0 Å². The first-order valence-corrected chi connectivity index (χ1v) is 7.79. The van der Waals surface area contributed by atoms with E-state index in [9.17, 15) is 0 Å². The monoisotopic (exact) mass is 276 g/mol. The molecule has 0 amide bonds. The molecule has 4 nitrogen and oxygen atoms in total. The Morgan fingerprint density at radius 1 is 1.35 bits per heavy atom. The smallest absolute Gasteiger partial charge is 0.129 e. The first kappa shape index (κ1) is 15.3. The second-order valence-corrected chi connectivity index (χ2v) is 5.62. The van der Waals surface area contributed by atoms with Crippen molar-refractivity contribution >= 4 is 5.82 Å². The maximum atomic E-state index is 4.72. The fourth-order valence-electron chi connectivity index (χ4n) is 3.18. The van der Waals surface area contributed by atoms with E-state index in [0.29, 0.717) is 6.04 Å². The first-order chi connectivity index (χ1) is 9.67. The van der Waals surface area contributed by atoms with Crippen LogP contribution >= 0.6 is 0 Å². The maximum absolute atomic E-state index is 4.72. The number of rotatable bonds is 6. The standard InChI is InChI=1S/C16H28N4/c1-5-19(6-2)15-7-8-20(12-15)16-10-14(11-17-4)9-13(3)18-16/h9-10,15,17H,5-8,11-12H2,1-4H3. The molecule has 0 aromatic carbocycles. The number of pyridine rings is 1. The summed E-state index contributed by atoms with van der Waals surface area (Å²) in [4.78, 5) is 9.72. The van der Waals surface area contributed by atoms with Crippen LogP contribution in [0.15, 0.2) is 12.1 Å². The number of anilines is 1. The van der Waals surface area contributed by atoms with Gasteiger partial charge in [-0.15, -0.1) is 0 Å². The van der Waals surface area contributed by atoms with E-state index in [1.54, 1.807) is 0 Å². The third kappa shape index (κ3) is 3.49. The van der Waals surface area contributed by atoms with Gasteiger partial charge in [0, 0.05) is 31.4 Å². The highest BCUT2D eigenvalue weighted by molar-refractivity contribution is 5.44. The van der Waals surface area contributed by atoms with Crippen molar-refractivity contribution in [2.75, 3.05) is 38.1 Å². The molecule has 2 rings (SSSR count). The lowest BCUT2D eigenvalue weighted by Gasteiger charge is -2.26. The summed E-state index contributed by atoms with van der Waals surface area (Å²) >= 11 is 0. The predicted octanol–water partition coefficient (Wildman–Crippen LogP) is 2.03. The van der Waals surface area contributed by atoms with E-state index in [2.05, 4.69) is 48.0 Å². The van der Waals surface area contributed by atoms with Crippen molar-refractivity contribution in [2.24, 2.45) is 0 Å². The summed E-state index contributed by atoms with van der Waals surface area (Å²) in [6, 6.07) is 5.08. The molecule has 20 heavy (non-hydrogen) atoms. The van der Waals surface area contributed by atoms with Gasteiger partial charge in [0.25, 0.3) is 0 Å². The van der Waals surface area contributed by atoms with Crippen LogP contribution in [0.5, 0.6) is 0 Å². The largest absolute Gasteiger partial charge is 0.355 e. The van der Waals surface area contributed by atoms with E-state index >= 15 is 0 Å². The molecule has 0 aliphatic carbocycles. The third-order valence-corrected chi connectivity index (χ3v) is 4.20. The molecule has 0 saturated carbocycles. The lowest BCUT2D eigenvalue weighted by atomic mass is 10.2. The minimum Gasteiger partial charge on any atom is -0.355 e. The molecule has 1 atom stereocenters. The third-order valence-electron chi connectivity index (χ3n) is 4.20. The lowest BCUT2D eigenvalue weighted by molar-refractivity contribution is 0.232. The van der Waals surface area contributed by atoms with Crippen LogP contribution in [0.2, 0.25) is 0 Å². The van der Waals surface area contributed by atoms with E-state index in [1.165, 1.54) is 12.0 Å². The Hall–Kier alpha value is -1.13. The van der Waals surface area contributed by atoms with E-state index in [0.717, 1.165) is 44.2 Å². The van der Waals surface area contributed by atoms with Gasteiger partial charge in [-0.25, -0.2) is 4.98 Å². The second-order valence-electron chi connectivity index (χ2n) is 5.62. The number of likely N-dealkylation sites (N-methyl/N-ethyl adjacent to an activating group) is 1. The van der Waals surface area contributed by atoms with Crippen LogP contribution in [0, 0.1) is 6.92 Å². The molecule has 1 aliphatic heterocycles.